The van der Waals surface area contributed by atoms with Crippen LogP contribution in [0.25, 0.3) is 6.08 Å². The van der Waals surface area contributed by atoms with Gasteiger partial charge in [0.1, 0.15) is 0 Å². The molecule has 0 radical (unpaired) electrons. The van der Waals surface area contributed by atoms with Gasteiger partial charge >= 0.3 is 0 Å². The molecule has 0 heterocycles. The van der Waals surface area contributed by atoms with Gasteiger partial charge in [0.05, 0.1) is 0 Å². The normalized spacial score (nSPS) is 13.9. The lowest BCUT2D eigenvalue weighted by atomic mass is 10.0. The first-order valence-corrected chi connectivity index (χ1v) is 4.81. The van der Waals surface area contributed by atoms with E-state index in [1.54, 1.807) is 0 Å². The summed E-state index contributed by atoms with van der Waals surface area (Å²) in [6.07, 6.45) is 5.70. The van der Waals surface area contributed by atoms with Crippen molar-refractivity contribution in [1.82, 2.24) is 0 Å². The molecule has 1 heteroatoms. The molecule has 0 aliphatic heterocycles. The molecule has 0 unspecified atom stereocenters. The Morgan fingerprint density at radius 1 is 1.31 bits per heavy atom. The molecule has 1 aliphatic carbocycles. The molecule has 0 bridgehead atoms. The van der Waals surface area contributed by atoms with Crippen LogP contribution >= 0.6 is 0 Å². The zero-order valence-electron chi connectivity index (χ0n) is 8.06. The molecule has 1 aliphatic rings. The molecule has 1 nitrogen and oxygen atoms in total. The molecule has 1 N–H and O–H groups in total. The number of nitrogens with one attached hydrogen (secondary N) is 1. The minimum Gasteiger partial charge on any atom is -0.388 e. The van der Waals surface area contributed by atoms with Gasteiger partial charge in [0.2, 0.25) is 0 Å². The van der Waals surface area contributed by atoms with E-state index in [0.29, 0.717) is 0 Å². The van der Waals surface area contributed by atoms with Gasteiger partial charge in [-0.05, 0) is 48.1 Å². The lowest BCUT2D eigenvalue weighted by Crippen LogP contribution is -1.94. The van der Waals surface area contributed by atoms with Crippen molar-refractivity contribution in [1.29, 1.82) is 0 Å². The molecule has 0 atom stereocenters. The van der Waals surface area contributed by atoms with Crippen LogP contribution in [0, 0.1) is 0 Å². The summed E-state index contributed by atoms with van der Waals surface area (Å²) in [5, 5.41) is 3.20. The maximum atomic E-state index is 3.83. The molecular formula is C12H15N. The standard InChI is InChI=1S/C12H15N/c1-3-9-7-10-5-4-6-11(10)8-12(9)13-2/h3,7-8,13H,1,4-6H2,2H3. The third-order valence-corrected chi connectivity index (χ3v) is 2.75. The van der Waals surface area contributed by atoms with Crippen LogP contribution in [-0.4, -0.2) is 7.05 Å². The topological polar surface area (TPSA) is 12.0 Å². The van der Waals surface area contributed by atoms with Gasteiger partial charge in [-0.25, -0.2) is 0 Å². The smallest absolute Gasteiger partial charge is 0.0413 e. The fourth-order valence-electron chi connectivity index (χ4n) is 2.03. The molecule has 0 saturated heterocycles. The summed E-state index contributed by atoms with van der Waals surface area (Å²) in [5.41, 5.74) is 5.45. The zero-order chi connectivity index (χ0) is 9.26. The van der Waals surface area contributed by atoms with E-state index >= 15 is 0 Å². The third-order valence-electron chi connectivity index (χ3n) is 2.75. The molecule has 68 valence electrons. The van der Waals surface area contributed by atoms with Crippen molar-refractivity contribution in [3.05, 3.63) is 35.4 Å². The van der Waals surface area contributed by atoms with E-state index in [9.17, 15) is 0 Å². The second-order valence-corrected chi connectivity index (χ2v) is 3.52. The lowest BCUT2D eigenvalue weighted by molar-refractivity contribution is 0.912. The van der Waals surface area contributed by atoms with Gasteiger partial charge in [-0.2, -0.15) is 0 Å². The fourth-order valence-corrected chi connectivity index (χ4v) is 2.03. The fraction of sp³-hybridized carbons (Fsp3) is 0.333. The molecule has 0 aromatic heterocycles. The summed E-state index contributed by atoms with van der Waals surface area (Å²) in [4.78, 5) is 0. The first kappa shape index (κ1) is 8.36. The summed E-state index contributed by atoms with van der Waals surface area (Å²) >= 11 is 0. The summed E-state index contributed by atoms with van der Waals surface area (Å²) in [6.45, 7) is 3.83. The molecule has 0 saturated carbocycles. The highest BCUT2D eigenvalue weighted by atomic mass is 14.8. The van der Waals surface area contributed by atoms with Gasteiger partial charge in [0, 0.05) is 12.7 Å². The average Bonchev–Trinajstić information content (AvgIpc) is 2.62. The van der Waals surface area contributed by atoms with Crippen molar-refractivity contribution in [2.45, 2.75) is 19.3 Å². The van der Waals surface area contributed by atoms with Gasteiger partial charge in [-0.3, -0.25) is 0 Å². The van der Waals surface area contributed by atoms with Crippen LogP contribution in [0.1, 0.15) is 23.1 Å². The van der Waals surface area contributed by atoms with E-state index in [1.807, 2.05) is 13.1 Å². The van der Waals surface area contributed by atoms with Crippen LogP contribution in [0.15, 0.2) is 18.7 Å². The van der Waals surface area contributed by atoms with Crippen LogP contribution in [0.4, 0.5) is 5.69 Å². The largest absolute Gasteiger partial charge is 0.388 e. The maximum absolute atomic E-state index is 3.83. The highest BCUT2D eigenvalue weighted by Crippen LogP contribution is 2.28. The Morgan fingerprint density at radius 2 is 2.00 bits per heavy atom. The number of anilines is 1. The van der Waals surface area contributed by atoms with Crippen molar-refractivity contribution in [3.63, 3.8) is 0 Å². The predicted octanol–water partition coefficient (Wildman–Crippen LogP) is 2.86. The Balaban J connectivity index is 2.53. The van der Waals surface area contributed by atoms with Gasteiger partial charge < -0.3 is 5.32 Å². The van der Waals surface area contributed by atoms with Crippen LogP contribution in [0.5, 0.6) is 0 Å². The number of aryl methyl sites for hydroxylation is 2. The molecule has 2 rings (SSSR count). The first-order chi connectivity index (χ1) is 6.35. The Morgan fingerprint density at radius 3 is 2.62 bits per heavy atom. The number of fused-ring (bicyclic) bond motifs is 1. The minimum absolute atomic E-state index is 1.20. The maximum Gasteiger partial charge on any atom is 0.0413 e. The predicted molar refractivity (Wildman–Crippen MR) is 58.1 cm³/mol. The molecule has 1 aromatic carbocycles. The highest BCUT2D eigenvalue weighted by Gasteiger charge is 2.12. The second-order valence-electron chi connectivity index (χ2n) is 3.52. The minimum atomic E-state index is 1.20. The third kappa shape index (κ3) is 1.35. The molecule has 1 aromatic rings. The number of hydrogen-bond donors (Lipinski definition) is 1. The molecule has 13 heavy (non-hydrogen) atoms. The van der Waals surface area contributed by atoms with Crippen LogP contribution < -0.4 is 5.32 Å². The van der Waals surface area contributed by atoms with E-state index in [2.05, 4.69) is 24.0 Å². The highest BCUT2D eigenvalue weighted by molar-refractivity contribution is 5.68. The van der Waals surface area contributed by atoms with Gasteiger partial charge in [0.15, 0.2) is 0 Å². The monoisotopic (exact) mass is 173 g/mol. The average molecular weight is 173 g/mol. The number of benzene rings is 1. The van der Waals surface area contributed by atoms with Crippen molar-refractivity contribution in [2.75, 3.05) is 12.4 Å². The SMILES string of the molecule is C=Cc1cc2c(cc1NC)CCC2. The van der Waals surface area contributed by atoms with E-state index in [0.717, 1.165) is 0 Å². The number of rotatable bonds is 2. The van der Waals surface area contributed by atoms with Crippen molar-refractivity contribution >= 4 is 11.8 Å². The summed E-state index contributed by atoms with van der Waals surface area (Å²) in [7, 11) is 1.96. The number of hydrogen-bond acceptors (Lipinski definition) is 1. The van der Waals surface area contributed by atoms with Gasteiger partial charge in [-0.15, -0.1) is 0 Å². The van der Waals surface area contributed by atoms with Gasteiger partial charge in [-0.1, -0.05) is 12.7 Å². The van der Waals surface area contributed by atoms with Crippen molar-refractivity contribution in [3.8, 4) is 0 Å². The van der Waals surface area contributed by atoms with Crippen LogP contribution in [0.2, 0.25) is 0 Å². The van der Waals surface area contributed by atoms with E-state index in [1.165, 1.54) is 41.6 Å². The van der Waals surface area contributed by atoms with E-state index in [4.69, 9.17) is 0 Å². The Bertz CT molecular complexity index is 339. The molecular weight excluding hydrogens is 158 g/mol. The first-order valence-electron chi connectivity index (χ1n) is 4.81. The Kier molecular flexibility index (Phi) is 2.09. The van der Waals surface area contributed by atoms with Gasteiger partial charge in [0.25, 0.3) is 0 Å². The quantitative estimate of drug-likeness (QED) is 0.725. The van der Waals surface area contributed by atoms with Crippen molar-refractivity contribution < 1.29 is 0 Å². The summed E-state index contributed by atoms with van der Waals surface area (Å²) in [5.74, 6) is 0. The van der Waals surface area contributed by atoms with E-state index in [-0.39, 0.29) is 0 Å². The Hall–Kier alpha value is -1.24. The van der Waals surface area contributed by atoms with E-state index < -0.39 is 0 Å². The van der Waals surface area contributed by atoms with Crippen molar-refractivity contribution in [2.24, 2.45) is 0 Å². The molecule has 0 fully saturated rings. The summed E-state index contributed by atoms with van der Waals surface area (Å²) in [6, 6.07) is 4.53. The summed E-state index contributed by atoms with van der Waals surface area (Å²) < 4.78 is 0. The van der Waals surface area contributed by atoms with Crippen LogP contribution in [-0.2, 0) is 12.8 Å². The Labute approximate surface area is 79.5 Å². The second kappa shape index (κ2) is 3.25. The van der Waals surface area contributed by atoms with Crippen LogP contribution in [0.3, 0.4) is 0 Å². The zero-order valence-corrected chi connectivity index (χ0v) is 8.06. The molecule has 0 spiro atoms. The lowest BCUT2D eigenvalue weighted by Gasteiger charge is -2.08. The molecule has 0 amide bonds.